The van der Waals surface area contributed by atoms with Gasteiger partial charge in [-0.05, 0) is 46.5 Å². The SMILES string of the molecule is CCn1ncc2c(Nc3cc(C)[nH]n3)nc(C3CCC(OC)(C(=O)N[C@@H](C)c4csc(-n5cc(F)cn5)n4)CC3)nc21. The van der Waals surface area contributed by atoms with Gasteiger partial charge in [-0.15, -0.1) is 11.3 Å². The van der Waals surface area contributed by atoms with Gasteiger partial charge in [-0.2, -0.15) is 15.3 Å². The lowest BCUT2D eigenvalue weighted by Gasteiger charge is -2.38. The van der Waals surface area contributed by atoms with Crippen molar-refractivity contribution in [2.45, 2.75) is 70.6 Å². The first-order valence-electron chi connectivity index (χ1n) is 13.8. The van der Waals surface area contributed by atoms with Crippen LogP contribution in [0.1, 0.15) is 68.7 Å². The first kappa shape index (κ1) is 27.9. The molecule has 1 atom stereocenters. The highest BCUT2D eigenvalue weighted by molar-refractivity contribution is 7.12. The maximum absolute atomic E-state index is 13.6. The van der Waals surface area contributed by atoms with Gasteiger partial charge in [0.05, 0.1) is 35.7 Å². The van der Waals surface area contributed by atoms with Crippen molar-refractivity contribution in [3.63, 3.8) is 0 Å². The van der Waals surface area contributed by atoms with Crippen molar-refractivity contribution in [3.05, 3.63) is 53.1 Å². The largest absolute Gasteiger partial charge is 0.368 e. The van der Waals surface area contributed by atoms with E-state index in [1.54, 1.807) is 13.3 Å². The lowest BCUT2D eigenvalue weighted by atomic mass is 9.77. The van der Waals surface area contributed by atoms with E-state index in [4.69, 9.17) is 14.7 Å². The normalized spacial score (nSPS) is 19.7. The lowest BCUT2D eigenvalue weighted by Crippen LogP contribution is -2.51. The standard InChI is InChI=1S/C27H32FN11O2S/c1-5-38-24-19(12-30-38)23(33-21-10-15(2)36-37-21)34-22(35-24)17-6-8-27(41-4,9-7-17)25(40)31-16(3)20-14-42-26(32-20)39-13-18(28)11-29-39/h10-14,16-17H,5-9H2,1-4H3,(H,31,40)(H2,33,34,35,36,37)/t16-,17?,27?/m0/s1. The number of hydrogen-bond acceptors (Lipinski definition) is 10. The summed E-state index contributed by atoms with van der Waals surface area (Å²) in [6.45, 7) is 6.50. The third kappa shape index (κ3) is 5.25. The molecule has 5 aromatic rings. The second-order valence-corrected chi connectivity index (χ2v) is 11.4. The summed E-state index contributed by atoms with van der Waals surface area (Å²) in [7, 11) is 1.58. The first-order chi connectivity index (χ1) is 20.3. The summed E-state index contributed by atoms with van der Waals surface area (Å²) in [6.07, 6.45) is 6.53. The molecule has 5 aromatic heterocycles. The molecule has 6 rings (SSSR count). The van der Waals surface area contributed by atoms with Gasteiger partial charge in [0.15, 0.2) is 17.3 Å². The van der Waals surface area contributed by atoms with E-state index in [9.17, 15) is 9.18 Å². The minimum Gasteiger partial charge on any atom is -0.368 e. The first-order valence-corrected chi connectivity index (χ1v) is 14.7. The molecule has 15 heteroatoms. The smallest absolute Gasteiger partial charge is 0.252 e. The van der Waals surface area contributed by atoms with E-state index in [0.29, 0.717) is 60.5 Å². The molecule has 1 amide bonds. The zero-order valence-electron chi connectivity index (χ0n) is 23.8. The summed E-state index contributed by atoms with van der Waals surface area (Å²) in [6, 6.07) is 1.54. The fourth-order valence-electron chi connectivity index (χ4n) is 5.34. The molecule has 3 N–H and O–H groups in total. The van der Waals surface area contributed by atoms with E-state index in [1.165, 1.54) is 22.2 Å². The summed E-state index contributed by atoms with van der Waals surface area (Å²) in [5, 5.41) is 25.2. The van der Waals surface area contributed by atoms with Crippen molar-refractivity contribution in [2.24, 2.45) is 0 Å². The number of methoxy groups -OCH3 is 1. The molecule has 1 fully saturated rings. The molecule has 0 aromatic carbocycles. The third-order valence-electron chi connectivity index (χ3n) is 7.78. The highest BCUT2D eigenvalue weighted by Crippen LogP contribution is 2.40. The van der Waals surface area contributed by atoms with Crippen molar-refractivity contribution >= 4 is 39.9 Å². The van der Waals surface area contributed by atoms with Crippen LogP contribution >= 0.6 is 11.3 Å². The van der Waals surface area contributed by atoms with Gasteiger partial charge in [0, 0.05) is 36.7 Å². The van der Waals surface area contributed by atoms with Crippen molar-refractivity contribution in [2.75, 3.05) is 12.4 Å². The number of amides is 1. The second-order valence-electron chi connectivity index (χ2n) is 10.5. The number of aryl methyl sites for hydroxylation is 2. The van der Waals surface area contributed by atoms with Crippen LogP contribution in [0, 0.1) is 12.7 Å². The molecular formula is C27H32FN11O2S. The monoisotopic (exact) mass is 593 g/mol. The fraction of sp³-hybridized carbons (Fsp3) is 0.444. The molecular weight excluding hydrogens is 561 g/mol. The molecule has 0 radical (unpaired) electrons. The number of nitrogens with zero attached hydrogens (tertiary/aromatic N) is 8. The number of thiazole rings is 1. The summed E-state index contributed by atoms with van der Waals surface area (Å²) < 4.78 is 22.5. The molecule has 42 heavy (non-hydrogen) atoms. The molecule has 0 bridgehead atoms. The third-order valence-corrected chi connectivity index (χ3v) is 8.63. The van der Waals surface area contributed by atoms with Crippen LogP contribution in [0.15, 0.2) is 30.0 Å². The topological polar surface area (TPSA) is 153 Å². The Labute approximate surface area is 244 Å². The van der Waals surface area contributed by atoms with Crippen molar-refractivity contribution in [1.82, 2.24) is 50.0 Å². The number of rotatable bonds is 9. The number of fused-ring (bicyclic) bond motifs is 1. The van der Waals surface area contributed by atoms with Crippen molar-refractivity contribution < 1.29 is 13.9 Å². The predicted molar refractivity (Wildman–Crippen MR) is 154 cm³/mol. The summed E-state index contributed by atoms with van der Waals surface area (Å²) in [5.74, 6) is 1.44. The van der Waals surface area contributed by atoms with Gasteiger partial charge in [-0.1, -0.05) is 0 Å². The number of carbonyl (C=O) groups excluding carboxylic acids is 1. The molecule has 0 spiro atoms. The van der Waals surface area contributed by atoms with E-state index >= 15 is 0 Å². The number of aromatic nitrogens is 9. The Balaban J connectivity index is 1.17. The van der Waals surface area contributed by atoms with Crippen LogP contribution in [0.4, 0.5) is 16.0 Å². The molecule has 1 saturated carbocycles. The Morgan fingerprint density at radius 3 is 2.74 bits per heavy atom. The highest BCUT2D eigenvalue weighted by Gasteiger charge is 2.43. The number of hydrogen-bond donors (Lipinski definition) is 3. The van der Waals surface area contributed by atoms with Crippen LogP contribution in [-0.4, -0.2) is 63.3 Å². The highest BCUT2D eigenvalue weighted by atomic mass is 32.1. The number of ether oxygens (including phenoxy) is 1. The Bertz CT molecular complexity index is 1720. The van der Waals surface area contributed by atoms with Gasteiger partial charge >= 0.3 is 0 Å². The molecule has 5 heterocycles. The van der Waals surface area contributed by atoms with Crippen molar-refractivity contribution in [3.8, 4) is 5.13 Å². The van der Waals surface area contributed by atoms with E-state index < -0.39 is 11.4 Å². The van der Waals surface area contributed by atoms with Gasteiger partial charge in [0.25, 0.3) is 5.91 Å². The molecule has 1 aliphatic carbocycles. The Morgan fingerprint density at radius 1 is 1.26 bits per heavy atom. The van der Waals surface area contributed by atoms with Gasteiger partial charge in [0.2, 0.25) is 5.13 Å². The maximum atomic E-state index is 13.6. The van der Waals surface area contributed by atoms with Crippen LogP contribution in [0.2, 0.25) is 0 Å². The van der Waals surface area contributed by atoms with Gasteiger partial charge in [-0.3, -0.25) is 9.89 Å². The predicted octanol–water partition coefficient (Wildman–Crippen LogP) is 4.32. The minimum absolute atomic E-state index is 0.0418. The summed E-state index contributed by atoms with van der Waals surface area (Å²) in [4.78, 5) is 27.9. The second kappa shape index (κ2) is 11.2. The van der Waals surface area contributed by atoms with Crippen molar-refractivity contribution in [1.29, 1.82) is 0 Å². The molecule has 1 aliphatic rings. The molecule has 220 valence electrons. The number of aromatic amines is 1. The van der Waals surface area contributed by atoms with E-state index in [2.05, 4.69) is 36.0 Å². The molecule has 0 unspecified atom stereocenters. The van der Waals surface area contributed by atoms with E-state index in [-0.39, 0.29) is 17.9 Å². The maximum Gasteiger partial charge on any atom is 0.252 e. The number of anilines is 2. The average molecular weight is 594 g/mol. The summed E-state index contributed by atoms with van der Waals surface area (Å²) in [5.41, 5.74) is 1.39. The molecule has 0 aliphatic heterocycles. The van der Waals surface area contributed by atoms with Gasteiger partial charge in [0.1, 0.15) is 17.2 Å². The molecule has 0 saturated heterocycles. The fourth-order valence-corrected chi connectivity index (χ4v) is 6.19. The Hall–Kier alpha value is -4.24. The van der Waals surface area contributed by atoms with Crippen LogP contribution in [0.5, 0.6) is 0 Å². The minimum atomic E-state index is -0.975. The number of H-pyrrole nitrogens is 1. The van der Waals surface area contributed by atoms with Gasteiger partial charge in [-0.25, -0.2) is 28.7 Å². The summed E-state index contributed by atoms with van der Waals surface area (Å²) >= 11 is 1.33. The average Bonchev–Trinajstić information content (AvgIpc) is 3.80. The number of carbonyl (C=O) groups is 1. The number of nitrogens with one attached hydrogen (secondary N) is 3. The van der Waals surface area contributed by atoms with Crippen LogP contribution in [-0.2, 0) is 16.1 Å². The van der Waals surface area contributed by atoms with Crippen LogP contribution in [0.3, 0.4) is 0 Å². The van der Waals surface area contributed by atoms with Crippen LogP contribution in [0.25, 0.3) is 16.2 Å². The Kier molecular flexibility index (Phi) is 7.45. The lowest BCUT2D eigenvalue weighted by molar-refractivity contribution is -0.148. The number of halogens is 1. The zero-order chi connectivity index (χ0) is 29.4. The van der Waals surface area contributed by atoms with E-state index in [1.807, 2.05) is 36.9 Å². The van der Waals surface area contributed by atoms with E-state index in [0.717, 1.165) is 22.9 Å². The van der Waals surface area contributed by atoms with Crippen LogP contribution < -0.4 is 10.6 Å². The zero-order valence-corrected chi connectivity index (χ0v) is 24.6. The van der Waals surface area contributed by atoms with Gasteiger partial charge < -0.3 is 15.4 Å². The Morgan fingerprint density at radius 2 is 2.07 bits per heavy atom. The quantitative estimate of drug-likeness (QED) is 0.227. The molecule has 13 nitrogen and oxygen atoms in total.